The highest BCUT2D eigenvalue weighted by atomic mass is 35.5. The number of hydrogen-bond donors (Lipinski definition) is 2. The smallest absolute Gasteiger partial charge is 0.346 e. The molecule has 1 fully saturated rings. The van der Waals surface area contributed by atoms with E-state index in [1.54, 1.807) is 5.32 Å². The van der Waals surface area contributed by atoms with Gasteiger partial charge in [-0.2, -0.15) is 8.78 Å². The zero-order chi connectivity index (χ0) is 29.3. The normalized spacial score (nSPS) is 25.2. The number of fused-ring (bicyclic) bond motifs is 1. The highest BCUT2D eigenvalue weighted by Crippen LogP contribution is 2.30. The molecule has 4 amide bonds. The summed E-state index contributed by atoms with van der Waals surface area (Å²) in [7, 11) is 0. The molecule has 0 aliphatic carbocycles. The van der Waals surface area contributed by atoms with Crippen LogP contribution in [0.5, 0.6) is 0 Å². The summed E-state index contributed by atoms with van der Waals surface area (Å²) in [5.74, 6) is -10.2. The summed E-state index contributed by atoms with van der Waals surface area (Å²) in [6, 6.07) is 4.85. The molecule has 2 aromatic carbocycles. The molecule has 2 heterocycles. The van der Waals surface area contributed by atoms with Crippen LogP contribution in [0.15, 0.2) is 42.5 Å². The van der Waals surface area contributed by atoms with E-state index in [0.717, 1.165) is 42.5 Å². The molecule has 32 heavy (non-hydrogen) atoms. The van der Waals surface area contributed by atoms with Gasteiger partial charge >= 0.3 is 5.92 Å². The van der Waals surface area contributed by atoms with Crippen molar-refractivity contribution in [1.29, 1.82) is 0 Å². The molecular formula is C22H18ClF2N3O4. The Morgan fingerprint density at radius 1 is 1.28 bits per heavy atom. The fourth-order valence-electron chi connectivity index (χ4n) is 3.22. The molecule has 1 saturated heterocycles. The highest BCUT2D eigenvalue weighted by Gasteiger charge is 2.41. The standard InChI is InChI=1S/C22H18ClF2N3O4/c23-15-4-2-14(3-5-15)22(24,25)21(32)26-10-12-1-6-16-13(9-12)11-28(20(16)31)17-7-8-18(29)27-19(17)30/h1-6,9,17H,7-8,10-11H2,(H,26,32)(H,27,29,30)/i7D2,8D2,10D2/hD. The van der Waals surface area contributed by atoms with Crippen LogP contribution in [0, 0.1) is 0 Å². The average Bonchev–Trinajstić information content (AvgIpc) is 3.17. The quantitative estimate of drug-likeness (QED) is 0.659. The van der Waals surface area contributed by atoms with Crippen LogP contribution in [0.25, 0.3) is 0 Å². The van der Waals surface area contributed by atoms with Gasteiger partial charge in [0, 0.05) is 41.0 Å². The zero-order valence-electron chi connectivity index (χ0n) is 23.0. The number of hydrogen-bond acceptors (Lipinski definition) is 4. The number of nitrogens with zero attached hydrogens (tertiary/aromatic N) is 1. The lowest BCUT2D eigenvalue weighted by molar-refractivity contribution is -0.147. The Labute approximate surface area is 196 Å². The van der Waals surface area contributed by atoms with Gasteiger partial charge in [-0.3, -0.25) is 24.5 Å². The van der Waals surface area contributed by atoms with Crippen LogP contribution < -0.4 is 10.6 Å². The zero-order valence-corrected chi connectivity index (χ0v) is 16.7. The lowest BCUT2D eigenvalue weighted by Gasteiger charge is -2.29. The number of carbonyl (C=O) groups is 4. The van der Waals surface area contributed by atoms with Gasteiger partial charge in [0.1, 0.15) is 6.04 Å². The number of alkyl halides is 2. The molecule has 1 unspecified atom stereocenters. The number of imide groups is 1. The summed E-state index contributed by atoms with van der Waals surface area (Å²) in [6.45, 7) is -3.67. The minimum Gasteiger partial charge on any atom is -0.346 e. The van der Waals surface area contributed by atoms with Crippen molar-refractivity contribution in [3.63, 3.8) is 0 Å². The Morgan fingerprint density at radius 3 is 2.72 bits per heavy atom. The molecule has 0 radical (unpaired) electrons. The third kappa shape index (κ3) is 4.08. The van der Waals surface area contributed by atoms with Crippen LogP contribution in [0.2, 0.25) is 6.43 Å². The number of nitrogens with one attached hydrogen (secondary N) is 2. The van der Waals surface area contributed by atoms with Crippen LogP contribution in [-0.2, 0) is 33.3 Å². The van der Waals surface area contributed by atoms with Gasteiger partial charge in [-0.25, -0.2) is 0 Å². The first-order valence-electron chi connectivity index (χ1n) is 12.6. The van der Waals surface area contributed by atoms with Gasteiger partial charge in [0.2, 0.25) is 11.8 Å². The van der Waals surface area contributed by atoms with E-state index in [1.807, 2.05) is 0 Å². The molecule has 2 aromatic rings. The Bertz CT molecular complexity index is 1410. The minimum absolute atomic E-state index is 0.00672. The Hall–Kier alpha value is -3.33. The lowest BCUT2D eigenvalue weighted by Crippen LogP contribution is -2.52. The minimum atomic E-state index is -4.29. The van der Waals surface area contributed by atoms with Crippen molar-refractivity contribution in [2.24, 2.45) is 0 Å². The Morgan fingerprint density at radius 2 is 2.00 bits per heavy atom. The van der Waals surface area contributed by atoms with Gasteiger partial charge in [-0.05, 0) is 35.7 Å². The van der Waals surface area contributed by atoms with Crippen molar-refractivity contribution >= 4 is 35.2 Å². The van der Waals surface area contributed by atoms with E-state index in [4.69, 9.17) is 21.2 Å². The molecule has 2 aliphatic heterocycles. The fraction of sp³-hybridized carbons (Fsp3) is 0.273. The number of benzene rings is 2. The highest BCUT2D eigenvalue weighted by molar-refractivity contribution is 6.30. The monoisotopic (exact) mass is 468 g/mol. The van der Waals surface area contributed by atoms with Crippen molar-refractivity contribution < 1.29 is 37.6 Å². The third-order valence-electron chi connectivity index (χ3n) is 4.82. The summed E-state index contributed by atoms with van der Waals surface area (Å²) >= 11 is 5.68. The predicted molar refractivity (Wildman–Crippen MR) is 110 cm³/mol. The lowest BCUT2D eigenvalue weighted by atomic mass is 10.0. The maximum absolute atomic E-state index is 14.8. The molecule has 0 spiro atoms. The summed E-state index contributed by atoms with van der Waals surface area (Å²) in [5, 5.41) is 1.28. The maximum atomic E-state index is 14.8. The molecule has 7 nitrogen and oxygen atoms in total. The first-order valence-corrected chi connectivity index (χ1v) is 9.50. The molecule has 2 aliphatic rings. The van der Waals surface area contributed by atoms with Crippen LogP contribution >= 0.6 is 11.6 Å². The van der Waals surface area contributed by atoms with E-state index in [1.165, 1.54) is 0 Å². The number of halogens is 3. The van der Waals surface area contributed by atoms with Crippen molar-refractivity contribution in [1.82, 2.24) is 15.5 Å². The fourth-order valence-corrected chi connectivity index (χ4v) is 3.35. The SMILES string of the molecule is [2H]N(C(=O)C(F)(F)c1ccc(Cl)cc1)C([2H])([2H])c1ccc2c(c1)CN(C1C(=O)NC(=O)C([2H])([2H])C1([2H])[2H])C2=O. The Kier molecular flexibility index (Phi) is 3.81. The summed E-state index contributed by atoms with van der Waals surface area (Å²) in [4.78, 5) is 50.5. The molecule has 2 N–H and O–H groups in total. The van der Waals surface area contributed by atoms with Crippen LogP contribution in [0.4, 0.5) is 8.78 Å². The van der Waals surface area contributed by atoms with Crippen molar-refractivity contribution in [2.75, 3.05) is 0 Å². The van der Waals surface area contributed by atoms with E-state index in [2.05, 4.69) is 0 Å². The average molecular weight is 469 g/mol. The molecule has 0 aromatic heterocycles. The van der Waals surface area contributed by atoms with Crippen LogP contribution in [-0.4, -0.2) is 34.6 Å². The maximum Gasteiger partial charge on any atom is 0.349 e. The largest absolute Gasteiger partial charge is 0.349 e. The van der Waals surface area contributed by atoms with E-state index in [-0.39, 0.29) is 16.1 Å². The first kappa shape index (κ1) is 14.7. The molecule has 10 heteroatoms. The van der Waals surface area contributed by atoms with Gasteiger partial charge in [-0.15, -0.1) is 0 Å². The van der Waals surface area contributed by atoms with Crippen LogP contribution in [0.1, 0.15) is 48.0 Å². The molecule has 1 atom stereocenters. The van der Waals surface area contributed by atoms with Crippen molar-refractivity contribution in [3.8, 4) is 0 Å². The van der Waals surface area contributed by atoms with Crippen molar-refractivity contribution in [3.05, 3.63) is 69.7 Å². The van der Waals surface area contributed by atoms with E-state index in [0.29, 0.717) is 4.90 Å². The van der Waals surface area contributed by atoms with Gasteiger partial charge in [-0.1, -0.05) is 35.9 Å². The Balaban J connectivity index is 1.63. The second-order valence-corrected chi connectivity index (χ2v) is 7.34. The van der Waals surface area contributed by atoms with Gasteiger partial charge in [0.25, 0.3) is 11.8 Å². The number of piperidine rings is 1. The van der Waals surface area contributed by atoms with Crippen LogP contribution in [0.3, 0.4) is 0 Å². The summed E-state index contributed by atoms with van der Waals surface area (Å²) < 4.78 is 85.7. The number of amides is 4. The molecule has 166 valence electrons. The van der Waals surface area contributed by atoms with E-state index < -0.39 is 77.8 Å². The second kappa shape index (κ2) is 8.31. The molecule has 0 bridgehead atoms. The second-order valence-electron chi connectivity index (χ2n) is 6.91. The topological polar surface area (TPSA) is 95.6 Å². The first-order chi connectivity index (χ1) is 17.8. The summed E-state index contributed by atoms with van der Waals surface area (Å²) in [6.07, 6.45) is -6.32. The van der Waals surface area contributed by atoms with Crippen molar-refractivity contribution in [2.45, 2.75) is 37.8 Å². The van der Waals surface area contributed by atoms with Gasteiger partial charge < -0.3 is 10.2 Å². The molecule has 0 saturated carbocycles. The number of rotatable bonds is 5. The molecule has 4 rings (SSSR count). The predicted octanol–water partition coefficient (Wildman–Crippen LogP) is 2.51. The van der Waals surface area contributed by atoms with Gasteiger partial charge in [0.15, 0.2) is 1.41 Å². The van der Waals surface area contributed by atoms with Gasteiger partial charge in [0.05, 0.1) is 2.74 Å². The summed E-state index contributed by atoms with van der Waals surface area (Å²) in [5.41, 5.74) is -1.44. The van der Waals surface area contributed by atoms with E-state index >= 15 is 0 Å². The molecular weight excluding hydrogens is 444 g/mol. The third-order valence-corrected chi connectivity index (χ3v) is 5.07. The van der Waals surface area contributed by atoms with E-state index in [9.17, 15) is 28.0 Å². The number of carbonyl (C=O) groups excluding carboxylic acids is 4.